The number of nitrogens with one attached hydrogen (secondary N) is 2. The molecule has 0 heterocycles. The highest BCUT2D eigenvalue weighted by Crippen LogP contribution is 2.28. The second kappa shape index (κ2) is 10.5. The molecule has 0 spiro atoms. The van der Waals surface area contributed by atoms with E-state index in [0.717, 1.165) is 11.1 Å². The molecule has 0 bridgehead atoms. The van der Waals surface area contributed by atoms with Crippen LogP contribution in [0, 0.1) is 13.8 Å². The van der Waals surface area contributed by atoms with Gasteiger partial charge in [0, 0.05) is 11.3 Å². The van der Waals surface area contributed by atoms with Crippen molar-refractivity contribution in [2.45, 2.75) is 25.7 Å². The average Bonchev–Trinajstić information content (AvgIpc) is 2.78. The first kappa shape index (κ1) is 25.6. The summed E-state index contributed by atoms with van der Waals surface area (Å²) in [5.74, 6) is -1.22. The van der Waals surface area contributed by atoms with Crippen LogP contribution in [0.2, 0.25) is 10.0 Å². The molecule has 0 aliphatic rings. The molecule has 0 saturated heterocycles. The summed E-state index contributed by atoms with van der Waals surface area (Å²) in [6.07, 6.45) is 0. The Morgan fingerprint density at radius 1 is 0.971 bits per heavy atom. The summed E-state index contributed by atoms with van der Waals surface area (Å²) in [5.41, 5.74) is 2.54. The number of aryl methyl sites for hydroxylation is 1. The second-order valence-electron chi connectivity index (χ2n) is 7.37. The topological polar surface area (TPSA) is 102 Å². The van der Waals surface area contributed by atoms with Crippen LogP contribution in [-0.2, 0) is 14.8 Å². The molecule has 0 unspecified atom stereocenters. The van der Waals surface area contributed by atoms with E-state index < -0.39 is 21.9 Å². The first-order chi connectivity index (χ1) is 16.0. The molecule has 3 aromatic rings. The second-order valence-corrected chi connectivity index (χ2v) is 9.83. The summed E-state index contributed by atoms with van der Waals surface area (Å²) in [5, 5.41) is 2.76. The van der Waals surface area contributed by atoms with Gasteiger partial charge in [-0.05, 0) is 74.4 Å². The van der Waals surface area contributed by atoms with Crippen LogP contribution in [0.5, 0.6) is 0 Å². The van der Waals surface area contributed by atoms with Gasteiger partial charge in [-0.15, -0.1) is 0 Å². The molecular formula is C24H22Cl2N2O5S. The Labute approximate surface area is 208 Å². The first-order valence-electron chi connectivity index (χ1n) is 10.2. The van der Waals surface area contributed by atoms with Gasteiger partial charge in [0.15, 0.2) is 0 Å². The lowest BCUT2D eigenvalue weighted by Crippen LogP contribution is -2.17. The van der Waals surface area contributed by atoms with Gasteiger partial charge >= 0.3 is 5.97 Å². The fourth-order valence-electron chi connectivity index (χ4n) is 3.08. The van der Waals surface area contributed by atoms with Crippen LogP contribution in [0.1, 0.15) is 38.8 Å². The highest BCUT2D eigenvalue weighted by molar-refractivity contribution is 7.92. The number of ether oxygens (including phenoxy) is 1. The fourth-order valence-corrected chi connectivity index (χ4v) is 4.93. The largest absolute Gasteiger partial charge is 0.462 e. The van der Waals surface area contributed by atoms with Gasteiger partial charge in [-0.3, -0.25) is 9.52 Å². The fraction of sp³-hybridized carbons (Fsp3) is 0.167. The van der Waals surface area contributed by atoms with Gasteiger partial charge in [0.1, 0.15) is 4.90 Å². The van der Waals surface area contributed by atoms with E-state index in [2.05, 4.69) is 10.0 Å². The number of carbonyl (C=O) groups excluding carboxylic acids is 2. The molecule has 0 atom stereocenters. The number of hydrogen-bond acceptors (Lipinski definition) is 5. The van der Waals surface area contributed by atoms with Crippen molar-refractivity contribution in [2.75, 3.05) is 16.6 Å². The first-order valence-corrected chi connectivity index (χ1v) is 12.4. The Morgan fingerprint density at radius 2 is 1.68 bits per heavy atom. The number of halogens is 2. The van der Waals surface area contributed by atoms with Crippen molar-refractivity contribution in [3.8, 4) is 0 Å². The molecule has 0 radical (unpaired) electrons. The maximum absolute atomic E-state index is 13.0. The van der Waals surface area contributed by atoms with Crippen molar-refractivity contribution >= 4 is 56.5 Å². The molecule has 2 N–H and O–H groups in total. The summed E-state index contributed by atoms with van der Waals surface area (Å²) in [6.45, 7) is 5.51. The summed E-state index contributed by atoms with van der Waals surface area (Å²) >= 11 is 12.2. The van der Waals surface area contributed by atoms with E-state index >= 15 is 0 Å². The molecule has 0 aliphatic heterocycles. The van der Waals surface area contributed by atoms with E-state index in [1.165, 1.54) is 36.4 Å². The van der Waals surface area contributed by atoms with Crippen molar-refractivity contribution in [3.05, 3.63) is 86.9 Å². The minimum absolute atomic E-state index is 0.0366. The number of sulfonamides is 1. The van der Waals surface area contributed by atoms with E-state index in [-0.39, 0.29) is 38.4 Å². The van der Waals surface area contributed by atoms with E-state index in [1.807, 2.05) is 13.0 Å². The lowest BCUT2D eigenvalue weighted by Gasteiger charge is -2.14. The monoisotopic (exact) mass is 520 g/mol. The molecule has 7 nitrogen and oxygen atoms in total. The quantitative estimate of drug-likeness (QED) is 0.381. The molecule has 10 heteroatoms. The van der Waals surface area contributed by atoms with Crippen LogP contribution in [0.25, 0.3) is 0 Å². The zero-order valence-corrected chi connectivity index (χ0v) is 20.9. The number of carbonyl (C=O) groups is 2. The van der Waals surface area contributed by atoms with E-state index in [0.29, 0.717) is 5.69 Å². The lowest BCUT2D eigenvalue weighted by atomic mass is 10.1. The van der Waals surface area contributed by atoms with E-state index in [4.69, 9.17) is 27.9 Å². The molecule has 0 fully saturated rings. The highest BCUT2D eigenvalue weighted by Gasteiger charge is 2.22. The van der Waals surface area contributed by atoms with Crippen molar-refractivity contribution in [2.24, 2.45) is 0 Å². The van der Waals surface area contributed by atoms with Crippen molar-refractivity contribution in [3.63, 3.8) is 0 Å². The molecule has 3 rings (SSSR count). The van der Waals surface area contributed by atoms with Crippen molar-refractivity contribution in [1.82, 2.24) is 0 Å². The van der Waals surface area contributed by atoms with Gasteiger partial charge in [0.05, 0.1) is 27.9 Å². The predicted molar refractivity (Wildman–Crippen MR) is 134 cm³/mol. The number of rotatable bonds is 7. The molecule has 1 amide bonds. The summed E-state index contributed by atoms with van der Waals surface area (Å²) < 4.78 is 33.6. The van der Waals surface area contributed by atoms with Crippen LogP contribution in [0.4, 0.5) is 11.4 Å². The van der Waals surface area contributed by atoms with Crippen molar-refractivity contribution < 1.29 is 22.7 Å². The molecule has 0 aliphatic carbocycles. The maximum atomic E-state index is 13.0. The SMILES string of the molecule is CCOC(=O)c1cc(NC(=O)c2ccc(Cl)c(S(=O)(=O)Nc3cccc(C)c3C)c2)ccc1Cl. The van der Waals surface area contributed by atoms with Gasteiger partial charge in [-0.1, -0.05) is 35.3 Å². The number of benzene rings is 3. The number of amides is 1. The Hall–Kier alpha value is -3.07. The van der Waals surface area contributed by atoms with Crippen molar-refractivity contribution in [1.29, 1.82) is 0 Å². The molecular weight excluding hydrogens is 499 g/mol. The Bertz CT molecular complexity index is 1370. The Kier molecular flexibility index (Phi) is 7.86. The Morgan fingerprint density at radius 3 is 2.38 bits per heavy atom. The lowest BCUT2D eigenvalue weighted by molar-refractivity contribution is 0.0526. The third kappa shape index (κ3) is 5.70. The van der Waals surface area contributed by atoms with Gasteiger partial charge in [0.25, 0.3) is 15.9 Å². The standard InChI is InChI=1S/C24H22Cl2N2O5S/c1-4-33-24(30)18-13-17(9-11-19(18)25)27-23(29)16-8-10-20(26)22(12-16)34(31,32)28-21-7-5-6-14(2)15(21)3/h5-13,28H,4H2,1-3H3,(H,27,29). The summed E-state index contributed by atoms with van der Waals surface area (Å²) in [4.78, 5) is 24.6. The Balaban J connectivity index is 1.88. The summed E-state index contributed by atoms with van der Waals surface area (Å²) in [7, 11) is -4.08. The van der Waals surface area contributed by atoms with E-state index in [1.54, 1.807) is 26.0 Å². The molecule has 3 aromatic carbocycles. The van der Waals surface area contributed by atoms with Crippen LogP contribution >= 0.6 is 23.2 Å². The van der Waals surface area contributed by atoms with Crippen LogP contribution < -0.4 is 10.0 Å². The van der Waals surface area contributed by atoms with Gasteiger partial charge in [-0.25, -0.2) is 13.2 Å². The van der Waals surface area contributed by atoms with E-state index in [9.17, 15) is 18.0 Å². The molecule has 0 saturated carbocycles. The van der Waals surface area contributed by atoms with Gasteiger partial charge in [0.2, 0.25) is 0 Å². The number of anilines is 2. The molecule has 0 aromatic heterocycles. The smallest absolute Gasteiger partial charge is 0.339 e. The minimum atomic E-state index is -4.08. The number of esters is 1. The van der Waals surface area contributed by atoms with Crippen LogP contribution in [0.3, 0.4) is 0 Å². The zero-order chi connectivity index (χ0) is 25.0. The predicted octanol–water partition coefficient (Wildman–Crippen LogP) is 5.84. The van der Waals surface area contributed by atoms with Crippen LogP contribution in [-0.4, -0.2) is 26.9 Å². The van der Waals surface area contributed by atoms with Crippen LogP contribution in [0.15, 0.2) is 59.5 Å². The zero-order valence-electron chi connectivity index (χ0n) is 18.6. The van der Waals surface area contributed by atoms with Gasteiger partial charge < -0.3 is 10.1 Å². The number of hydrogen-bond donors (Lipinski definition) is 2. The third-order valence-corrected chi connectivity index (χ3v) is 7.23. The highest BCUT2D eigenvalue weighted by atomic mass is 35.5. The molecule has 34 heavy (non-hydrogen) atoms. The summed E-state index contributed by atoms with van der Waals surface area (Å²) in [6, 6.07) is 13.5. The maximum Gasteiger partial charge on any atom is 0.339 e. The molecule has 178 valence electrons. The minimum Gasteiger partial charge on any atom is -0.462 e. The third-order valence-electron chi connectivity index (χ3n) is 5.05. The average molecular weight is 521 g/mol. The van der Waals surface area contributed by atoms with Gasteiger partial charge in [-0.2, -0.15) is 0 Å². The normalized spacial score (nSPS) is 11.1.